The number of ether oxygens (including phenoxy) is 2. The number of hydrogen-bond donors (Lipinski definition) is 3. The molecule has 0 unspecified atom stereocenters. The molecule has 1 heterocycles. The van der Waals surface area contributed by atoms with Gasteiger partial charge in [0.25, 0.3) is 0 Å². The highest BCUT2D eigenvalue weighted by Crippen LogP contribution is 2.32. The van der Waals surface area contributed by atoms with Crippen molar-refractivity contribution in [2.45, 2.75) is 19.0 Å². The van der Waals surface area contributed by atoms with Gasteiger partial charge in [-0.2, -0.15) is 0 Å². The molecule has 0 aromatic heterocycles. The summed E-state index contributed by atoms with van der Waals surface area (Å²) in [6.07, 6.45) is 1.01. The predicted octanol–water partition coefficient (Wildman–Crippen LogP) is 1.14. The Bertz CT molecular complexity index is 737. The van der Waals surface area contributed by atoms with Gasteiger partial charge in [-0.1, -0.05) is 36.4 Å². The predicted molar refractivity (Wildman–Crippen MR) is 107 cm³/mol. The number of fused-ring (bicyclic) bond motifs is 1. The van der Waals surface area contributed by atoms with Crippen molar-refractivity contribution in [2.75, 3.05) is 27.4 Å². The molecular weight excluding hydrogens is 346 g/mol. The largest absolute Gasteiger partial charge is 0.454 e. The molecule has 0 saturated heterocycles. The highest BCUT2D eigenvalue weighted by Gasteiger charge is 2.16. The summed E-state index contributed by atoms with van der Waals surface area (Å²) in [5.74, 6) is 1.59. The summed E-state index contributed by atoms with van der Waals surface area (Å²) in [6.45, 7) is 1.77. The third kappa shape index (κ3) is 5.09. The minimum atomic E-state index is 0.294. The first-order valence-electron chi connectivity index (χ1n) is 8.86. The first-order chi connectivity index (χ1) is 12.6. The SMILES string of the molecule is C[NH+](C)[C@@H](CNC(=S)NCc1ccc2c(c1)OCO2)Cc1ccccc1. The van der Waals surface area contributed by atoms with Crippen LogP contribution in [0, 0.1) is 0 Å². The van der Waals surface area contributed by atoms with Gasteiger partial charge in [-0.25, -0.2) is 0 Å². The van der Waals surface area contributed by atoms with Gasteiger partial charge < -0.3 is 25.0 Å². The van der Waals surface area contributed by atoms with Crippen LogP contribution < -0.4 is 25.0 Å². The minimum absolute atomic E-state index is 0.294. The second kappa shape index (κ2) is 8.87. The van der Waals surface area contributed by atoms with Crippen LogP contribution in [0.3, 0.4) is 0 Å². The third-order valence-corrected chi connectivity index (χ3v) is 4.83. The van der Waals surface area contributed by atoms with Crippen molar-refractivity contribution in [3.8, 4) is 11.5 Å². The van der Waals surface area contributed by atoms with Gasteiger partial charge in [0.15, 0.2) is 16.6 Å². The number of rotatable bonds is 7. The molecule has 5 nitrogen and oxygen atoms in total. The molecule has 138 valence electrons. The Morgan fingerprint density at radius 3 is 2.58 bits per heavy atom. The number of likely N-dealkylation sites (N-methyl/N-ethyl adjacent to an activating group) is 1. The molecule has 1 aliphatic rings. The van der Waals surface area contributed by atoms with E-state index in [0.29, 0.717) is 24.5 Å². The van der Waals surface area contributed by atoms with E-state index in [1.54, 1.807) is 0 Å². The van der Waals surface area contributed by atoms with E-state index >= 15 is 0 Å². The third-order valence-electron chi connectivity index (χ3n) is 4.54. The molecule has 2 aromatic carbocycles. The topological polar surface area (TPSA) is 47.0 Å². The van der Waals surface area contributed by atoms with Crippen LogP contribution in [0.1, 0.15) is 11.1 Å². The van der Waals surface area contributed by atoms with Crippen molar-refractivity contribution in [1.82, 2.24) is 10.6 Å². The van der Waals surface area contributed by atoms with Gasteiger partial charge in [0.05, 0.1) is 20.6 Å². The lowest BCUT2D eigenvalue weighted by Crippen LogP contribution is -3.11. The standard InChI is InChI=1S/C20H25N3O2S/c1-23(2)17(10-15-6-4-3-5-7-15)13-22-20(26)21-12-16-8-9-18-19(11-16)25-14-24-18/h3-9,11,17H,10,12-14H2,1-2H3,(H2,21,22,26)/p+1/t17-/m1/s1. The fraction of sp³-hybridized carbons (Fsp3) is 0.350. The summed E-state index contributed by atoms with van der Waals surface area (Å²) < 4.78 is 10.7. The van der Waals surface area contributed by atoms with Crippen LogP contribution in [-0.2, 0) is 13.0 Å². The summed E-state index contributed by atoms with van der Waals surface area (Å²) in [4.78, 5) is 1.40. The van der Waals surface area contributed by atoms with E-state index in [-0.39, 0.29) is 0 Å². The van der Waals surface area contributed by atoms with Crippen LogP contribution in [0.15, 0.2) is 48.5 Å². The van der Waals surface area contributed by atoms with Crippen LogP contribution in [-0.4, -0.2) is 38.6 Å². The zero-order valence-electron chi connectivity index (χ0n) is 15.2. The van der Waals surface area contributed by atoms with E-state index in [9.17, 15) is 0 Å². The van der Waals surface area contributed by atoms with E-state index in [4.69, 9.17) is 21.7 Å². The Balaban J connectivity index is 1.46. The van der Waals surface area contributed by atoms with E-state index in [1.165, 1.54) is 10.5 Å². The number of hydrogen-bond acceptors (Lipinski definition) is 3. The molecule has 0 spiro atoms. The molecule has 3 N–H and O–H groups in total. The number of nitrogens with one attached hydrogen (secondary N) is 3. The number of thiocarbonyl (C=S) groups is 1. The molecule has 0 radical (unpaired) electrons. The Morgan fingerprint density at radius 1 is 1.04 bits per heavy atom. The van der Waals surface area contributed by atoms with Gasteiger partial charge >= 0.3 is 0 Å². The molecule has 0 amide bonds. The van der Waals surface area contributed by atoms with Crippen molar-refractivity contribution in [1.29, 1.82) is 0 Å². The summed E-state index contributed by atoms with van der Waals surface area (Å²) in [5, 5.41) is 7.28. The lowest BCUT2D eigenvalue weighted by molar-refractivity contribution is -0.884. The number of quaternary nitrogens is 1. The maximum Gasteiger partial charge on any atom is 0.231 e. The fourth-order valence-electron chi connectivity index (χ4n) is 2.89. The summed E-state index contributed by atoms with van der Waals surface area (Å²) in [6, 6.07) is 17.0. The lowest BCUT2D eigenvalue weighted by Gasteiger charge is -2.23. The molecule has 2 aromatic rings. The van der Waals surface area contributed by atoms with Crippen LogP contribution in [0.4, 0.5) is 0 Å². The van der Waals surface area contributed by atoms with Crippen LogP contribution in [0.25, 0.3) is 0 Å². The Morgan fingerprint density at radius 2 is 1.81 bits per heavy atom. The number of benzene rings is 2. The smallest absolute Gasteiger partial charge is 0.231 e. The monoisotopic (exact) mass is 372 g/mol. The second-order valence-corrected chi connectivity index (χ2v) is 7.12. The quantitative estimate of drug-likeness (QED) is 0.636. The molecule has 0 fully saturated rings. The van der Waals surface area contributed by atoms with Gasteiger partial charge in [0, 0.05) is 13.0 Å². The maximum atomic E-state index is 5.43. The average Bonchev–Trinajstić information content (AvgIpc) is 3.11. The zero-order chi connectivity index (χ0) is 18.4. The molecule has 1 aliphatic heterocycles. The van der Waals surface area contributed by atoms with Crippen LogP contribution in [0.5, 0.6) is 11.5 Å². The maximum absolute atomic E-state index is 5.43. The van der Waals surface area contributed by atoms with Gasteiger partial charge in [-0.05, 0) is 35.5 Å². The van der Waals surface area contributed by atoms with Crippen molar-refractivity contribution in [3.63, 3.8) is 0 Å². The molecule has 3 rings (SSSR count). The zero-order valence-corrected chi connectivity index (χ0v) is 16.1. The van der Waals surface area contributed by atoms with E-state index < -0.39 is 0 Å². The van der Waals surface area contributed by atoms with Crippen molar-refractivity contribution in [3.05, 3.63) is 59.7 Å². The highest BCUT2D eigenvalue weighted by molar-refractivity contribution is 7.80. The summed E-state index contributed by atoms with van der Waals surface area (Å²) >= 11 is 5.43. The van der Waals surface area contributed by atoms with Crippen LogP contribution in [0.2, 0.25) is 0 Å². The summed E-state index contributed by atoms with van der Waals surface area (Å²) in [5.41, 5.74) is 2.46. The van der Waals surface area contributed by atoms with Crippen molar-refractivity contribution < 1.29 is 14.4 Å². The first kappa shape index (κ1) is 18.5. The molecule has 6 heteroatoms. The molecule has 26 heavy (non-hydrogen) atoms. The van der Waals surface area contributed by atoms with Crippen LogP contribution >= 0.6 is 12.2 Å². The normalized spacial score (nSPS) is 13.5. The van der Waals surface area contributed by atoms with Gasteiger partial charge in [-0.15, -0.1) is 0 Å². The molecule has 0 bridgehead atoms. The van der Waals surface area contributed by atoms with E-state index in [0.717, 1.165) is 30.0 Å². The Kier molecular flexibility index (Phi) is 6.30. The first-order valence-corrected chi connectivity index (χ1v) is 9.27. The highest BCUT2D eigenvalue weighted by atomic mass is 32.1. The molecular formula is C20H26N3O2S+. The van der Waals surface area contributed by atoms with Gasteiger partial charge in [0.1, 0.15) is 6.04 Å². The van der Waals surface area contributed by atoms with Gasteiger partial charge in [-0.3, -0.25) is 0 Å². The second-order valence-electron chi connectivity index (χ2n) is 6.72. The minimum Gasteiger partial charge on any atom is -0.454 e. The van der Waals surface area contributed by atoms with E-state index in [2.05, 4.69) is 55.1 Å². The molecule has 0 aliphatic carbocycles. The van der Waals surface area contributed by atoms with Crippen molar-refractivity contribution >= 4 is 17.3 Å². The van der Waals surface area contributed by atoms with Gasteiger partial charge in [0.2, 0.25) is 6.79 Å². The summed E-state index contributed by atoms with van der Waals surface area (Å²) in [7, 11) is 4.36. The Labute approximate surface area is 160 Å². The Hall–Kier alpha value is -2.31. The fourth-order valence-corrected chi connectivity index (χ4v) is 3.05. The average molecular weight is 373 g/mol. The molecule has 0 saturated carbocycles. The molecule has 1 atom stereocenters. The van der Waals surface area contributed by atoms with Crippen molar-refractivity contribution in [2.24, 2.45) is 0 Å². The lowest BCUT2D eigenvalue weighted by atomic mass is 10.1. The van der Waals surface area contributed by atoms with E-state index in [1.807, 2.05) is 18.2 Å².